The molecule has 2 N–H and O–H groups in total. The van der Waals surface area contributed by atoms with Crippen LogP contribution >= 0.6 is 0 Å². The number of rotatable bonds is 0. The molecule has 1 saturated heterocycles. The summed E-state index contributed by atoms with van der Waals surface area (Å²) in [6.45, 7) is 4.34. The van der Waals surface area contributed by atoms with Crippen molar-refractivity contribution < 1.29 is 9.59 Å². The molecule has 0 unspecified atom stereocenters. The van der Waals surface area contributed by atoms with Crippen LogP contribution in [0.25, 0.3) is 0 Å². The average molecular weight is 222 g/mol. The lowest BCUT2D eigenvalue weighted by Crippen LogP contribution is -2.67. The van der Waals surface area contributed by atoms with E-state index in [-0.39, 0.29) is 34.5 Å². The summed E-state index contributed by atoms with van der Waals surface area (Å²) in [4.78, 5) is 24.0. The average Bonchev–Trinajstić information content (AvgIpc) is 2.25. The summed E-state index contributed by atoms with van der Waals surface area (Å²) in [5.74, 6) is -0.210. The predicted octanol–water partition coefficient (Wildman–Crippen LogP) is 0.980. The molecule has 2 amide bonds. The van der Waals surface area contributed by atoms with E-state index in [0.717, 1.165) is 25.7 Å². The molecular weight excluding hydrogens is 204 g/mol. The van der Waals surface area contributed by atoms with E-state index in [4.69, 9.17) is 0 Å². The van der Waals surface area contributed by atoms with Crippen molar-refractivity contribution in [1.82, 2.24) is 10.9 Å². The Morgan fingerprint density at radius 3 is 1.50 bits per heavy atom. The standard InChI is InChI=1S/C12H18N2O2/c1-11-3-5-12(2,6-4-11)8-7(11)9(15)13-14-10(8)16/h7-8H,3-6H2,1-2H3,(H,13,15)(H,14,16)/t7-,8-,11?,12?/m1/s1. The van der Waals surface area contributed by atoms with Gasteiger partial charge in [-0.2, -0.15) is 0 Å². The van der Waals surface area contributed by atoms with E-state index in [9.17, 15) is 9.59 Å². The van der Waals surface area contributed by atoms with Gasteiger partial charge in [-0.3, -0.25) is 20.4 Å². The van der Waals surface area contributed by atoms with Crippen molar-refractivity contribution in [3.8, 4) is 0 Å². The first-order valence-electron chi connectivity index (χ1n) is 6.06. The zero-order chi connectivity index (χ0) is 11.6. The lowest BCUT2D eigenvalue weighted by molar-refractivity contribution is -0.173. The minimum Gasteiger partial charge on any atom is -0.273 e. The van der Waals surface area contributed by atoms with Gasteiger partial charge in [0.25, 0.3) is 0 Å². The van der Waals surface area contributed by atoms with E-state index in [1.54, 1.807) is 0 Å². The van der Waals surface area contributed by atoms with Crippen LogP contribution in [0.5, 0.6) is 0 Å². The van der Waals surface area contributed by atoms with Gasteiger partial charge in [0.05, 0.1) is 11.8 Å². The highest BCUT2D eigenvalue weighted by molar-refractivity contribution is 5.94. The first kappa shape index (κ1) is 10.1. The third-order valence-electron chi connectivity index (χ3n) is 5.24. The first-order valence-corrected chi connectivity index (χ1v) is 6.06. The lowest BCUT2D eigenvalue weighted by Gasteiger charge is -2.60. The van der Waals surface area contributed by atoms with Crippen LogP contribution in [0.1, 0.15) is 39.5 Å². The van der Waals surface area contributed by atoms with E-state index < -0.39 is 0 Å². The zero-order valence-electron chi connectivity index (χ0n) is 9.80. The summed E-state index contributed by atoms with van der Waals surface area (Å²) in [6.07, 6.45) is 4.30. The van der Waals surface area contributed by atoms with E-state index in [2.05, 4.69) is 24.7 Å². The third-order valence-corrected chi connectivity index (χ3v) is 5.24. The maximum absolute atomic E-state index is 12.0. The highest BCUT2D eigenvalue weighted by atomic mass is 16.2. The van der Waals surface area contributed by atoms with Gasteiger partial charge in [-0.25, -0.2) is 0 Å². The number of hydrazine groups is 1. The first-order chi connectivity index (χ1) is 7.46. The second kappa shape index (κ2) is 2.79. The number of fused-ring (bicyclic) bond motifs is 2. The highest BCUT2D eigenvalue weighted by Gasteiger charge is 2.62. The molecule has 1 aliphatic heterocycles. The SMILES string of the molecule is CC12CCC(C)(CC1)[C@H]1C(=O)NNC(=O)[C@@H]12. The second-order valence-corrected chi connectivity index (χ2v) is 6.24. The Balaban J connectivity index is 2.09. The van der Waals surface area contributed by atoms with Crippen molar-refractivity contribution in [2.24, 2.45) is 22.7 Å². The van der Waals surface area contributed by atoms with Crippen molar-refractivity contribution in [3.05, 3.63) is 0 Å². The molecule has 2 atom stereocenters. The van der Waals surface area contributed by atoms with Crippen molar-refractivity contribution >= 4 is 11.8 Å². The van der Waals surface area contributed by atoms with Gasteiger partial charge in [0.15, 0.2) is 0 Å². The monoisotopic (exact) mass is 222 g/mol. The largest absolute Gasteiger partial charge is 0.273 e. The van der Waals surface area contributed by atoms with E-state index >= 15 is 0 Å². The van der Waals surface area contributed by atoms with Crippen LogP contribution in [0.4, 0.5) is 0 Å². The van der Waals surface area contributed by atoms with E-state index in [1.165, 1.54) is 0 Å². The molecule has 4 rings (SSSR count). The number of nitrogens with one attached hydrogen (secondary N) is 2. The summed E-state index contributed by atoms with van der Waals surface area (Å²) in [5, 5.41) is 0. The third kappa shape index (κ3) is 1.05. The summed E-state index contributed by atoms with van der Waals surface area (Å²) in [6, 6.07) is 0. The molecule has 1 heterocycles. The number of carbonyl (C=O) groups is 2. The summed E-state index contributed by atoms with van der Waals surface area (Å²) in [7, 11) is 0. The second-order valence-electron chi connectivity index (χ2n) is 6.24. The van der Waals surface area contributed by atoms with Crippen LogP contribution in [0.3, 0.4) is 0 Å². The maximum Gasteiger partial charge on any atom is 0.242 e. The Hall–Kier alpha value is -1.06. The fourth-order valence-electron chi connectivity index (χ4n) is 4.03. The van der Waals surface area contributed by atoms with Gasteiger partial charge in [0.1, 0.15) is 0 Å². The number of amides is 2. The van der Waals surface area contributed by atoms with Crippen LogP contribution in [0.15, 0.2) is 0 Å². The van der Waals surface area contributed by atoms with Crippen LogP contribution in [0, 0.1) is 22.7 Å². The van der Waals surface area contributed by atoms with Gasteiger partial charge >= 0.3 is 0 Å². The minimum atomic E-state index is -0.117. The smallest absolute Gasteiger partial charge is 0.242 e. The number of hydrogen-bond donors (Lipinski definition) is 2. The Bertz CT molecular complexity index is 333. The quantitative estimate of drug-likeness (QED) is 0.642. The van der Waals surface area contributed by atoms with Crippen molar-refractivity contribution in [2.75, 3.05) is 0 Å². The zero-order valence-corrected chi connectivity index (χ0v) is 9.80. The van der Waals surface area contributed by atoms with Gasteiger partial charge < -0.3 is 0 Å². The molecule has 4 aliphatic rings. The number of carbonyl (C=O) groups excluding carboxylic acids is 2. The molecule has 0 aromatic rings. The summed E-state index contributed by atoms with van der Waals surface area (Å²) >= 11 is 0. The van der Waals surface area contributed by atoms with Crippen molar-refractivity contribution in [1.29, 1.82) is 0 Å². The molecule has 3 aliphatic carbocycles. The normalized spacial score (nSPS) is 50.6. The Morgan fingerprint density at radius 1 is 0.875 bits per heavy atom. The molecule has 4 fully saturated rings. The van der Waals surface area contributed by atoms with Gasteiger partial charge in [0.2, 0.25) is 11.8 Å². The Morgan fingerprint density at radius 2 is 1.19 bits per heavy atom. The molecule has 0 aromatic carbocycles. The maximum atomic E-state index is 12.0. The number of hydrogen-bond acceptors (Lipinski definition) is 2. The van der Waals surface area contributed by atoms with Crippen LogP contribution in [-0.2, 0) is 9.59 Å². The fraction of sp³-hybridized carbons (Fsp3) is 0.833. The molecule has 0 radical (unpaired) electrons. The Kier molecular flexibility index (Phi) is 1.76. The van der Waals surface area contributed by atoms with Gasteiger partial charge in [-0.1, -0.05) is 13.8 Å². The summed E-state index contributed by atoms with van der Waals surface area (Å²) < 4.78 is 0. The minimum absolute atomic E-state index is 0.0118. The van der Waals surface area contributed by atoms with Crippen molar-refractivity contribution in [2.45, 2.75) is 39.5 Å². The topological polar surface area (TPSA) is 58.2 Å². The Labute approximate surface area is 95.1 Å². The highest BCUT2D eigenvalue weighted by Crippen LogP contribution is 2.62. The fourth-order valence-corrected chi connectivity index (χ4v) is 4.03. The van der Waals surface area contributed by atoms with Crippen LogP contribution < -0.4 is 10.9 Å². The van der Waals surface area contributed by atoms with Gasteiger partial charge in [-0.15, -0.1) is 0 Å². The lowest BCUT2D eigenvalue weighted by atomic mass is 9.45. The molecule has 3 saturated carbocycles. The molecular formula is C12H18N2O2. The molecule has 88 valence electrons. The van der Waals surface area contributed by atoms with Gasteiger partial charge in [-0.05, 0) is 36.5 Å². The molecule has 4 heteroatoms. The molecule has 2 bridgehead atoms. The van der Waals surface area contributed by atoms with Crippen molar-refractivity contribution in [3.63, 3.8) is 0 Å². The van der Waals surface area contributed by atoms with Crippen LogP contribution in [0.2, 0.25) is 0 Å². The molecule has 0 aromatic heterocycles. The summed E-state index contributed by atoms with van der Waals surface area (Å²) in [5.41, 5.74) is 5.10. The molecule has 4 nitrogen and oxygen atoms in total. The molecule has 16 heavy (non-hydrogen) atoms. The van der Waals surface area contributed by atoms with E-state index in [1.807, 2.05) is 0 Å². The molecule has 0 spiro atoms. The predicted molar refractivity (Wildman–Crippen MR) is 57.9 cm³/mol. The van der Waals surface area contributed by atoms with E-state index in [0.29, 0.717) is 0 Å². The van der Waals surface area contributed by atoms with Gasteiger partial charge in [0, 0.05) is 0 Å². The van der Waals surface area contributed by atoms with Crippen LogP contribution in [-0.4, -0.2) is 11.8 Å².